The molecule has 2 atom stereocenters. The highest BCUT2D eigenvalue weighted by atomic mass is 35.5. The van der Waals surface area contributed by atoms with Gasteiger partial charge in [0.2, 0.25) is 10.0 Å². The van der Waals surface area contributed by atoms with Gasteiger partial charge >= 0.3 is 0 Å². The van der Waals surface area contributed by atoms with E-state index in [-0.39, 0.29) is 39.4 Å². The van der Waals surface area contributed by atoms with E-state index in [1.165, 1.54) is 18.2 Å². The first kappa shape index (κ1) is 24.7. The van der Waals surface area contributed by atoms with Crippen LogP contribution in [-0.2, 0) is 26.3 Å². The molecular weight excluding hydrogens is 472 g/mol. The molecule has 1 saturated heterocycles. The van der Waals surface area contributed by atoms with Gasteiger partial charge in [0, 0.05) is 6.04 Å². The summed E-state index contributed by atoms with van der Waals surface area (Å²) >= 11 is 6.16. The highest BCUT2D eigenvalue weighted by molar-refractivity contribution is 7.91. The Bertz CT molecular complexity index is 1200. The Labute approximate surface area is 194 Å². The first-order chi connectivity index (χ1) is 14.9. The summed E-state index contributed by atoms with van der Waals surface area (Å²) in [6.45, 7) is 3.44. The van der Waals surface area contributed by atoms with Crippen molar-refractivity contribution in [2.45, 2.75) is 49.6 Å². The molecule has 0 unspecified atom stereocenters. The van der Waals surface area contributed by atoms with E-state index >= 15 is 0 Å². The molecule has 3 rings (SSSR count). The summed E-state index contributed by atoms with van der Waals surface area (Å²) < 4.78 is 52.0. The normalized spacial score (nSPS) is 21.2. The second-order valence-corrected chi connectivity index (χ2v) is 12.9. The Morgan fingerprint density at radius 1 is 1.19 bits per heavy atom. The van der Waals surface area contributed by atoms with Crippen LogP contribution in [0.3, 0.4) is 0 Å². The number of sulfonamides is 1. The average Bonchev–Trinajstić information content (AvgIpc) is 2.99. The van der Waals surface area contributed by atoms with Gasteiger partial charge in [-0.05, 0) is 56.9 Å². The molecule has 2 N–H and O–H groups in total. The fraction of sp³-hybridized carbons (Fsp3) is 0.409. The summed E-state index contributed by atoms with van der Waals surface area (Å²) in [5.74, 6) is -0.776. The second kappa shape index (κ2) is 9.51. The standard InChI is InChI=1S/C22H27ClN2O5S2/c1-16(8-9-17-6-4-3-5-7-17)25-32(29,30)18-10-11-20(23)19(14-18)21(26)24-22(2)12-13-31(27,28)15-22/h3-7,10-11,14,16,25H,8-9,12-13,15H2,1-2H3,(H,24,26)/t16-,22-/m0/s1. The zero-order chi connectivity index (χ0) is 23.6. The van der Waals surface area contributed by atoms with E-state index in [0.717, 1.165) is 12.0 Å². The fourth-order valence-electron chi connectivity index (χ4n) is 3.72. The molecular formula is C22H27ClN2O5S2. The van der Waals surface area contributed by atoms with Gasteiger partial charge in [0.15, 0.2) is 9.84 Å². The van der Waals surface area contributed by atoms with Crippen molar-refractivity contribution < 1.29 is 21.6 Å². The zero-order valence-electron chi connectivity index (χ0n) is 18.0. The van der Waals surface area contributed by atoms with Gasteiger partial charge in [0.1, 0.15) is 0 Å². The number of hydrogen-bond donors (Lipinski definition) is 2. The maximum Gasteiger partial charge on any atom is 0.253 e. The van der Waals surface area contributed by atoms with E-state index in [9.17, 15) is 21.6 Å². The molecule has 0 spiro atoms. The van der Waals surface area contributed by atoms with Crippen molar-refractivity contribution in [2.75, 3.05) is 11.5 Å². The third-order valence-corrected chi connectivity index (χ3v) is 9.30. The molecule has 0 bridgehead atoms. The number of rotatable bonds is 8. The van der Waals surface area contributed by atoms with Crippen LogP contribution in [0, 0.1) is 0 Å². The fourth-order valence-corrected chi connectivity index (χ4v) is 7.32. The first-order valence-electron chi connectivity index (χ1n) is 10.3. The predicted octanol–water partition coefficient (Wildman–Crippen LogP) is 2.95. The molecule has 0 aromatic heterocycles. The monoisotopic (exact) mass is 498 g/mol. The van der Waals surface area contributed by atoms with Crippen LogP contribution in [0.15, 0.2) is 53.4 Å². The number of benzene rings is 2. The number of carbonyl (C=O) groups is 1. The van der Waals surface area contributed by atoms with Crippen LogP contribution < -0.4 is 10.0 Å². The number of carbonyl (C=O) groups excluding carboxylic acids is 1. The Kier molecular flexibility index (Phi) is 7.34. The van der Waals surface area contributed by atoms with E-state index in [0.29, 0.717) is 6.42 Å². The molecule has 2 aromatic rings. The van der Waals surface area contributed by atoms with Gasteiger partial charge in [-0.3, -0.25) is 4.79 Å². The molecule has 174 valence electrons. The Morgan fingerprint density at radius 2 is 1.88 bits per heavy atom. The molecule has 0 saturated carbocycles. The van der Waals surface area contributed by atoms with E-state index in [1.807, 2.05) is 30.3 Å². The van der Waals surface area contributed by atoms with Gasteiger partial charge < -0.3 is 5.32 Å². The van der Waals surface area contributed by atoms with Crippen LogP contribution >= 0.6 is 11.6 Å². The van der Waals surface area contributed by atoms with Crippen LogP contribution in [0.5, 0.6) is 0 Å². The SMILES string of the molecule is C[C@@H](CCc1ccccc1)NS(=O)(=O)c1ccc(Cl)c(C(=O)N[C@@]2(C)CCS(=O)(=O)C2)c1. The minimum Gasteiger partial charge on any atom is -0.346 e. The molecule has 1 aliphatic heterocycles. The van der Waals surface area contributed by atoms with Crippen LogP contribution in [0.25, 0.3) is 0 Å². The lowest BCUT2D eigenvalue weighted by molar-refractivity contribution is 0.0915. The van der Waals surface area contributed by atoms with Crippen LogP contribution in [0.1, 0.15) is 42.6 Å². The van der Waals surface area contributed by atoms with Crippen molar-refractivity contribution in [1.82, 2.24) is 10.0 Å². The molecule has 1 aliphatic rings. The van der Waals surface area contributed by atoms with Gasteiger partial charge in [-0.2, -0.15) is 0 Å². The minimum absolute atomic E-state index is 0.00325. The summed E-state index contributed by atoms with van der Waals surface area (Å²) in [5.41, 5.74) is 0.182. The van der Waals surface area contributed by atoms with E-state index < -0.39 is 31.3 Å². The molecule has 1 amide bonds. The maximum atomic E-state index is 12.9. The molecule has 7 nitrogen and oxygen atoms in total. The molecule has 32 heavy (non-hydrogen) atoms. The molecule has 10 heteroatoms. The maximum absolute atomic E-state index is 12.9. The number of halogens is 1. The van der Waals surface area contributed by atoms with Crippen molar-refractivity contribution in [3.8, 4) is 0 Å². The highest BCUT2D eigenvalue weighted by Crippen LogP contribution is 2.26. The van der Waals surface area contributed by atoms with E-state index in [1.54, 1.807) is 13.8 Å². The van der Waals surface area contributed by atoms with Crippen molar-refractivity contribution in [2.24, 2.45) is 0 Å². The van der Waals surface area contributed by atoms with Gasteiger partial charge in [0.05, 0.1) is 32.5 Å². The van der Waals surface area contributed by atoms with Gasteiger partial charge in [0.25, 0.3) is 5.91 Å². The Balaban J connectivity index is 1.71. The largest absolute Gasteiger partial charge is 0.346 e. The van der Waals surface area contributed by atoms with Crippen molar-refractivity contribution >= 4 is 37.4 Å². The molecule has 0 aliphatic carbocycles. The third kappa shape index (κ3) is 6.31. The lowest BCUT2D eigenvalue weighted by atomic mass is 10.0. The highest BCUT2D eigenvalue weighted by Gasteiger charge is 2.39. The summed E-state index contributed by atoms with van der Waals surface area (Å²) in [7, 11) is -7.10. The first-order valence-corrected chi connectivity index (χ1v) is 14.0. The summed E-state index contributed by atoms with van der Waals surface area (Å²) in [6.07, 6.45) is 1.62. The lowest BCUT2D eigenvalue weighted by Gasteiger charge is -2.24. The van der Waals surface area contributed by atoms with Gasteiger partial charge in [-0.15, -0.1) is 0 Å². The second-order valence-electron chi connectivity index (χ2n) is 8.55. The summed E-state index contributed by atoms with van der Waals surface area (Å²) in [6, 6.07) is 13.4. The third-order valence-electron chi connectivity index (χ3n) is 5.48. The van der Waals surface area contributed by atoms with E-state index in [2.05, 4.69) is 10.0 Å². The Hall–Kier alpha value is -1.94. The summed E-state index contributed by atoms with van der Waals surface area (Å²) in [4.78, 5) is 12.7. The van der Waals surface area contributed by atoms with Crippen molar-refractivity contribution in [1.29, 1.82) is 0 Å². The number of aryl methyl sites for hydroxylation is 1. The lowest BCUT2D eigenvalue weighted by Crippen LogP contribution is -2.47. The molecule has 1 heterocycles. The predicted molar refractivity (Wildman–Crippen MR) is 125 cm³/mol. The Morgan fingerprint density at radius 3 is 2.50 bits per heavy atom. The smallest absolute Gasteiger partial charge is 0.253 e. The van der Waals surface area contributed by atoms with Gasteiger partial charge in [-0.1, -0.05) is 41.9 Å². The van der Waals surface area contributed by atoms with E-state index in [4.69, 9.17) is 11.6 Å². The minimum atomic E-state index is -3.88. The zero-order valence-corrected chi connectivity index (χ0v) is 20.4. The molecule has 0 radical (unpaired) electrons. The molecule has 1 fully saturated rings. The number of sulfone groups is 1. The number of nitrogens with one attached hydrogen (secondary N) is 2. The topological polar surface area (TPSA) is 109 Å². The van der Waals surface area contributed by atoms with Crippen molar-refractivity contribution in [3.63, 3.8) is 0 Å². The van der Waals surface area contributed by atoms with Crippen LogP contribution in [-0.4, -0.2) is 45.8 Å². The number of amides is 1. The van der Waals surface area contributed by atoms with Crippen molar-refractivity contribution in [3.05, 3.63) is 64.7 Å². The number of hydrogen-bond acceptors (Lipinski definition) is 5. The average molecular weight is 499 g/mol. The summed E-state index contributed by atoms with van der Waals surface area (Å²) in [5, 5.41) is 2.79. The quantitative estimate of drug-likeness (QED) is 0.581. The van der Waals surface area contributed by atoms with Gasteiger partial charge in [-0.25, -0.2) is 21.6 Å². The van der Waals surface area contributed by atoms with Crippen LogP contribution in [0.2, 0.25) is 5.02 Å². The molecule has 2 aromatic carbocycles. The van der Waals surface area contributed by atoms with Crippen LogP contribution in [0.4, 0.5) is 0 Å².